The van der Waals surface area contributed by atoms with Gasteiger partial charge in [0, 0.05) is 29.7 Å². The lowest BCUT2D eigenvalue weighted by molar-refractivity contribution is 0.0932. The lowest BCUT2D eigenvalue weighted by Gasteiger charge is -2.31. The molecule has 1 aliphatic heterocycles. The van der Waals surface area contributed by atoms with E-state index in [9.17, 15) is 4.79 Å². The summed E-state index contributed by atoms with van der Waals surface area (Å²) in [7, 11) is 0. The highest BCUT2D eigenvalue weighted by molar-refractivity contribution is 8.00. The van der Waals surface area contributed by atoms with Crippen LogP contribution in [-0.4, -0.2) is 41.3 Å². The molecule has 0 amide bonds. The Labute approximate surface area is 118 Å². The molecule has 0 bridgehead atoms. The molecule has 4 heteroatoms. The van der Waals surface area contributed by atoms with Gasteiger partial charge in [-0.15, -0.1) is 0 Å². The topological polar surface area (TPSA) is 44.1 Å². The van der Waals surface area contributed by atoms with Crippen molar-refractivity contribution in [3.63, 3.8) is 0 Å². The highest BCUT2D eigenvalue weighted by Gasteiger charge is 2.21. The van der Waals surface area contributed by atoms with Crippen molar-refractivity contribution in [2.24, 2.45) is 0 Å². The first-order valence-corrected chi connectivity index (χ1v) is 7.65. The molecular weight excluding hydrogens is 256 g/mol. The van der Waals surface area contributed by atoms with Crippen molar-refractivity contribution < 1.29 is 4.79 Å². The summed E-state index contributed by atoms with van der Waals surface area (Å²) in [6.45, 7) is 4.68. The average molecular weight is 274 g/mol. The summed E-state index contributed by atoms with van der Waals surface area (Å²) >= 11 is 2.01. The quantitative estimate of drug-likeness (QED) is 0.792. The van der Waals surface area contributed by atoms with Gasteiger partial charge in [-0.25, -0.2) is 0 Å². The lowest BCUT2D eigenvalue weighted by atomic mass is 10.1. The zero-order chi connectivity index (χ0) is 13.7. The first-order valence-electron chi connectivity index (χ1n) is 6.60. The minimum absolute atomic E-state index is 0.145. The Hall–Kier alpha value is -1.31. The summed E-state index contributed by atoms with van der Waals surface area (Å²) in [5.74, 6) is 1.25. The third kappa shape index (κ3) is 3.82. The van der Waals surface area contributed by atoms with Gasteiger partial charge in [-0.05, 0) is 18.6 Å². The molecule has 0 saturated carbocycles. The third-order valence-corrected chi connectivity index (χ3v) is 4.75. The minimum atomic E-state index is 0.145. The summed E-state index contributed by atoms with van der Waals surface area (Å²) in [4.78, 5) is 14.4. The fourth-order valence-electron chi connectivity index (χ4n) is 2.20. The molecule has 1 aromatic carbocycles. The van der Waals surface area contributed by atoms with E-state index in [1.807, 2.05) is 11.8 Å². The van der Waals surface area contributed by atoms with E-state index in [2.05, 4.69) is 17.9 Å². The van der Waals surface area contributed by atoms with Crippen molar-refractivity contribution in [2.75, 3.05) is 25.4 Å². The smallest absolute Gasteiger partial charge is 0.176 e. The predicted octanol–water partition coefficient (Wildman–Crippen LogP) is 2.57. The van der Waals surface area contributed by atoms with Crippen LogP contribution in [0.5, 0.6) is 0 Å². The standard InChI is InChI=1S/C15H18N2OS/c1-2-14-10-17(7-8-19-14)11-15(18)13-5-3-12(9-16)4-6-13/h3-6,14H,2,7-8,10-11H2,1H3. The van der Waals surface area contributed by atoms with Crippen molar-refractivity contribution >= 4 is 17.5 Å². The molecule has 1 unspecified atom stereocenters. The zero-order valence-corrected chi connectivity index (χ0v) is 11.9. The molecule has 0 aliphatic carbocycles. The van der Waals surface area contributed by atoms with Gasteiger partial charge in [-0.3, -0.25) is 9.69 Å². The molecule has 1 aromatic rings. The van der Waals surface area contributed by atoms with Gasteiger partial charge in [-0.2, -0.15) is 17.0 Å². The first kappa shape index (κ1) is 14.1. The predicted molar refractivity (Wildman–Crippen MR) is 78.5 cm³/mol. The average Bonchev–Trinajstić information content (AvgIpc) is 2.47. The highest BCUT2D eigenvalue weighted by Crippen LogP contribution is 2.21. The number of nitrogens with zero attached hydrogens (tertiary/aromatic N) is 2. The van der Waals surface area contributed by atoms with Crippen LogP contribution in [0.15, 0.2) is 24.3 Å². The number of nitriles is 1. The number of rotatable bonds is 4. The van der Waals surface area contributed by atoms with Crippen LogP contribution >= 0.6 is 11.8 Å². The second kappa shape index (κ2) is 6.74. The van der Waals surface area contributed by atoms with Crippen LogP contribution < -0.4 is 0 Å². The summed E-state index contributed by atoms with van der Waals surface area (Å²) in [5.41, 5.74) is 1.29. The summed E-state index contributed by atoms with van der Waals surface area (Å²) < 4.78 is 0. The number of hydrogen-bond acceptors (Lipinski definition) is 4. The van der Waals surface area contributed by atoms with Crippen LogP contribution in [0.4, 0.5) is 0 Å². The second-order valence-electron chi connectivity index (χ2n) is 4.75. The van der Waals surface area contributed by atoms with Crippen LogP contribution in [0.2, 0.25) is 0 Å². The van der Waals surface area contributed by atoms with Crippen LogP contribution in [0.1, 0.15) is 29.3 Å². The maximum Gasteiger partial charge on any atom is 0.176 e. The number of thioether (sulfide) groups is 1. The van der Waals surface area contributed by atoms with Crippen molar-refractivity contribution in [3.05, 3.63) is 35.4 Å². The van der Waals surface area contributed by atoms with Crippen LogP contribution in [0.3, 0.4) is 0 Å². The van der Waals surface area contributed by atoms with Crippen LogP contribution in [0.25, 0.3) is 0 Å². The molecule has 0 radical (unpaired) electrons. The van der Waals surface area contributed by atoms with Gasteiger partial charge in [-0.1, -0.05) is 19.1 Å². The maximum atomic E-state index is 12.2. The molecule has 1 aliphatic rings. The van der Waals surface area contributed by atoms with Gasteiger partial charge in [0.1, 0.15) is 0 Å². The van der Waals surface area contributed by atoms with E-state index in [0.29, 0.717) is 22.9 Å². The van der Waals surface area contributed by atoms with Crippen LogP contribution in [0, 0.1) is 11.3 Å². The molecular formula is C15H18N2OS. The largest absolute Gasteiger partial charge is 0.294 e. The summed E-state index contributed by atoms with van der Waals surface area (Å²) in [5, 5.41) is 9.39. The molecule has 19 heavy (non-hydrogen) atoms. The van der Waals surface area contributed by atoms with Gasteiger partial charge in [0.05, 0.1) is 18.2 Å². The first-order chi connectivity index (χ1) is 9.22. The number of benzene rings is 1. The fraction of sp³-hybridized carbons (Fsp3) is 0.467. The van der Waals surface area contributed by atoms with Crippen molar-refractivity contribution in [2.45, 2.75) is 18.6 Å². The van der Waals surface area contributed by atoms with E-state index in [0.717, 1.165) is 25.3 Å². The van der Waals surface area contributed by atoms with E-state index in [4.69, 9.17) is 5.26 Å². The van der Waals surface area contributed by atoms with E-state index in [-0.39, 0.29) is 5.78 Å². The van der Waals surface area contributed by atoms with E-state index in [1.54, 1.807) is 24.3 Å². The van der Waals surface area contributed by atoms with E-state index >= 15 is 0 Å². The van der Waals surface area contributed by atoms with Crippen molar-refractivity contribution in [3.8, 4) is 6.07 Å². The molecule has 1 heterocycles. The normalized spacial score (nSPS) is 19.9. The van der Waals surface area contributed by atoms with E-state index < -0.39 is 0 Å². The maximum absolute atomic E-state index is 12.2. The molecule has 2 rings (SSSR count). The zero-order valence-electron chi connectivity index (χ0n) is 11.1. The van der Waals surface area contributed by atoms with Crippen molar-refractivity contribution in [1.29, 1.82) is 5.26 Å². The minimum Gasteiger partial charge on any atom is -0.294 e. The lowest BCUT2D eigenvalue weighted by Crippen LogP contribution is -2.40. The summed E-state index contributed by atoms with van der Waals surface area (Å²) in [6, 6.07) is 8.96. The number of hydrogen-bond donors (Lipinski definition) is 0. The molecule has 100 valence electrons. The van der Waals surface area contributed by atoms with Crippen LogP contribution in [-0.2, 0) is 0 Å². The Morgan fingerprint density at radius 3 is 2.84 bits per heavy atom. The highest BCUT2D eigenvalue weighted by atomic mass is 32.2. The molecule has 1 atom stereocenters. The third-order valence-electron chi connectivity index (χ3n) is 3.38. The van der Waals surface area contributed by atoms with Gasteiger partial charge >= 0.3 is 0 Å². The van der Waals surface area contributed by atoms with Crippen molar-refractivity contribution in [1.82, 2.24) is 4.90 Å². The van der Waals surface area contributed by atoms with E-state index in [1.165, 1.54) is 0 Å². The number of ketones is 1. The van der Waals surface area contributed by atoms with Gasteiger partial charge < -0.3 is 0 Å². The molecule has 0 spiro atoms. The Morgan fingerprint density at radius 1 is 1.47 bits per heavy atom. The molecule has 0 N–H and O–H groups in total. The SMILES string of the molecule is CCC1CN(CC(=O)c2ccc(C#N)cc2)CCS1. The Morgan fingerprint density at radius 2 is 2.21 bits per heavy atom. The van der Waals surface area contributed by atoms with Gasteiger partial charge in [0.25, 0.3) is 0 Å². The Bertz CT molecular complexity index is 478. The molecule has 0 aromatic heterocycles. The van der Waals surface area contributed by atoms with Gasteiger partial charge in [0.15, 0.2) is 5.78 Å². The summed E-state index contributed by atoms with van der Waals surface area (Å²) in [6.07, 6.45) is 1.16. The number of carbonyl (C=O) groups excluding carboxylic acids is 1. The number of Topliss-reactive ketones (excluding diaryl/α,β-unsaturated/α-hetero) is 1. The molecule has 1 fully saturated rings. The molecule has 3 nitrogen and oxygen atoms in total. The Balaban J connectivity index is 1.94. The Kier molecular flexibility index (Phi) is 5.00. The number of carbonyl (C=O) groups is 1. The monoisotopic (exact) mass is 274 g/mol. The van der Waals surface area contributed by atoms with Gasteiger partial charge in [0.2, 0.25) is 0 Å². The second-order valence-corrected chi connectivity index (χ2v) is 6.16. The fourth-order valence-corrected chi connectivity index (χ4v) is 3.44. The molecule has 1 saturated heterocycles.